The molecule has 0 heterocycles. The van der Waals surface area contributed by atoms with Crippen molar-refractivity contribution < 1.29 is 19.1 Å². The van der Waals surface area contributed by atoms with Crippen molar-refractivity contribution in [1.82, 2.24) is 5.32 Å². The Kier molecular flexibility index (Phi) is 6.60. The maximum Gasteiger partial charge on any atom is 0.337 e. The van der Waals surface area contributed by atoms with E-state index in [2.05, 4.69) is 28.4 Å². The molecule has 0 aromatic heterocycles. The summed E-state index contributed by atoms with van der Waals surface area (Å²) in [7, 11) is 1.31. The van der Waals surface area contributed by atoms with E-state index in [0.717, 1.165) is 11.3 Å². The van der Waals surface area contributed by atoms with Crippen molar-refractivity contribution >= 4 is 17.7 Å². The van der Waals surface area contributed by atoms with Crippen molar-refractivity contribution in [3.8, 4) is 5.75 Å². The Morgan fingerprint density at radius 3 is 2.46 bits per heavy atom. The summed E-state index contributed by atoms with van der Waals surface area (Å²) < 4.78 is 10.4. The molecule has 0 saturated heterocycles. The Bertz CT molecular complexity index is 802. The fourth-order valence-corrected chi connectivity index (χ4v) is 2.43. The van der Waals surface area contributed by atoms with Gasteiger partial charge in [0.2, 0.25) is 0 Å². The first-order valence-electron chi connectivity index (χ1n) is 8.34. The molecule has 0 spiro atoms. The molecule has 2 amide bonds. The van der Waals surface area contributed by atoms with Gasteiger partial charge in [-0.05, 0) is 61.7 Å². The highest BCUT2D eigenvalue weighted by Gasteiger charge is 2.08. The number of methoxy groups -OCH3 is 1. The molecular formula is C20H24N2O4. The summed E-state index contributed by atoms with van der Waals surface area (Å²) in [6.07, 6.45) is 0. The van der Waals surface area contributed by atoms with Gasteiger partial charge in [-0.25, -0.2) is 9.59 Å². The summed E-state index contributed by atoms with van der Waals surface area (Å²) in [5.41, 5.74) is 4.34. The number of hydrogen-bond donors (Lipinski definition) is 2. The number of anilines is 1. The Hall–Kier alpha value is -3.02. The largest absolute Gasteiger partial charge is 0.491 e. The molecule has 0 aliphatic heterocycles. The highest BCUT2D eigenvalue weighted by atomic mass is 16.5. The van der Waals surface area contributed by atoms with Gasteiger partial charge in [-0.1, -0.05) is 12.1 Å². The monoisotopic (exact) mass is 356 g/mol. The lowest BCUT2D eigenvalue weighted by molar-refractivity contribution is 0.0600. The van der Waals surface area contributed by atoms with Gasteiger partial charge >= 0.3 is 12.0 Å². The number of nitrogens with one attached hydrogen (secondary N) is 2. The van der Waals surface area contributed by atoms with E-state index in [1.807, 2.05) is 19.9 Å². The first-order chi connectivity index (χ1) is 12.4. The second-order valence-corrected chi connectivity index (χ2v) is 6.00. The zero-order valence-corrected chi connectivity index (χ0v) is 15.5. The standard InChI is InChI=1S/C20H24N2O4/c1-13-10-15(3)18(11-14(13)2)26-9-8-21-20(24)22-17-7-5-6-16(12-17)19(23)25-4/h5-7,10-12H,8-9H2,1-4H3,(H2,21,22,24). The van der Waals surface area contributed by atoms with Crippen molar-refractivity contribution in [2.75, 3.05) is 25.6 Å². The topological polar surface area (TPSA) is 76.7 Å². The maximum absolute atomic E-state index is 11.9. The average molecular weight is 356 g/mol. The number of carbonyl (C=O) groups excluding carboxylic acids is 2. The van der Waals surface area contributed by atoms with E-state index < -0.39 is 5.97 Å². The van der Waals surface area contributed by atoms with Gasteiger partial charge in [-0.3, -0.25) is 0 Å². The number of hydrogen-bond acceptors (Lipinski definition) is 4. The Morgan fingerprint density at radius 2 is 1.73 bits per heavy atom. The Balaban J connectivity index is 1.81. The molecule has 2 aromatic carbocycles. The lowest BCUT2D eigenvalue weighted by atomic mass is 10.1. The molecule has 2 rings (SSSR count). The van der Waals surface area contributed by atoms with E-state index >= 15 is 0 Å². The van der Waals surface area contributed by atoms with Crippen LogP contribution < -0.4 is 15.4 Å². The van der Waals surface area contributed by atoms with Crippen LogP contribution in [0, 0.1) is 20.8 Å². The van der Waals surface area contributed by atoms with E-state index in [4.69, 9.17) is 4.74 Å². The first-order valence-corrected chi connectivity index (χ1v) is 8.34. The lowest BCUT2D eigenvalue weighted by Crippen LogP contribution is -2.32. The van der Waals surface area contributed by atoms with Crippen molar-refractivity contribution in [1.29, 1.82) is 0 Å². The fourth-order valence-electron chi connectivity index (χ4n) is 2.43. The second-order valence-electron chi connectivity index (χ2n) is 6.00. The van der Waals surface area contributed by atoms with Crippen molar-refractivity contribution in [3.63, 3.8) is 0 Å². The third kappa shape index (κ3) is 5.24. The van der Waals surface area contributed by atoms with Crippen LogP contribution in [-0.2, 0) is 4.74 Å². The summed E-state index contributed by atoms with van der Waals surface area (Å²) >= 11 is 0. The predicted molar refractivity (Wildman–Crippen MR) is 101 cm³/mol. The van der Waals surface area contributed by atoms with Gasteiger partial charge in [0.15, 0.2) is 0 Å². The van der Waals surface area contributed by atoms with Gasteiger partial charge in [-0.2, -0.15) is 0 Å². The van der Waals surface area contributed by atoms with Gasteiger partial charge in [-0.15, -0.1) is 0 Å². The number of esters is 1. The van der Waals surface area contributed by atoms with Crippen LogP contribution in [0.2, 0.25) is 0 Å². The number of aryl methyl sites for hydroxylation is 3. The minimum Gasteiger partial charge on any atom is -0.491 e. The molecule has 0 bridgehead atoms. The molecule has 2 N–H and O–H groups in total. The number of benzene rings is 2. The van der Waals surface area contributed by atoms with Gasteiger partial charge < -0.3 is 20.1 Å². The average Bonchev–Trinajstić information content (AvgIpc) is 2.62. The van der Waals surface area contributed by atoms with Crippen LogP contribution in [0.5, 0.6) is 5.75 Å². The number of urea groups is 1. The van der Waals surface area contributed by atoms with E-state index in [1.165, 1.54) is 18.2 Å². The number of amides is 2. The molecule has 0 atom stereocenters. The van der Waals surface area contributed by atoms with Crippen LogP contribution in [0.1, 0.15) is 27.0 Å². The highest BCUT2D eigenvalue weighted by Crippen LogP contribution is 2.22. The van der Waals surface area contributed by atoms with Crippen LogP contribution in [-0.4, -0.2) is 32.3 Å². The van der Waals surface area contributed by atoms with Gasteiger partial charge in [0.1, 0.15) is 12.4 Å². The summed E-state index contributed by atoms with van der Waals surface area (Å²) in [5.74, 6) is 0.368. The molecule has 6 nitrogen and oxygen atoms in total. The third-order valence-electron chi connectivity index (χ3n) is 3.98. The number of rotatable bonds is 6. The smallest absolute Gasteiger partial charge is 0.337 e. The van der Waals surface area contributed by atoms with E-state index in [1.54, 1.807) is 24.3 Å². The molecule has 0 unspecified atom stereocenters. The van der Waals surface area contributed by atoms with Crippen molar-refractivity contribution in [3.05, 3.63) is 58.7 Å². The predicted octanol–water partition coefficient (Wildman–Crippen LogP) is 3.60. The SMILES string of the molecule is COC(=O)c1cccc(NC(=O)NCCOc2cc(C)c(C)cc2C)c1. The molecule has 0 fully saturated rings. The van der Waals surface area contributed by atoms with Crippen LogP contribution >= 0.6 is 0 Å². The molecule has 0 saturated carbocycles. The minimum absolute atomic E-state index is 0.356. The van der Waals surface area contributed by atoms with Crippen molar-refractivity contribution in [2.45, 2.75) is 20.8 Å². The van der Waals surface area contributed by atoms with Gasteiger partial charge in [0, 0.05) is 5.69 Å². The zero-order valence-electron chi connectivity index (χ0n) is 15.5. The summed E-state index contributed by atoms with van der Waals surface area (Å²) in [6, 6.07) is 10.3. The quantitative estimate of drug-likeness (QED) is 0.612. The lowest BCUT2D eigenvalue weighted by Gasteiger charge is -2.13. The van der Waals surface area contributed by atoms with E-state index in [-0.39, 0.29) is 6.03 Å². The second kappa shape index (κ2) is 8.89. The van der Waals surface area contributed by atoms with Crippen LogP contribution in [0.4, 0.5) is 10.5 Å². The van der Waals surface area contributed by atoms with E-state index in [9.17, 15) is 9.59 Å². The fraction of sp³-hybridized carbons (Fsp3) is 0.300. The number of carbonyl (C=O) groups is 2. The Labute approximate surface area is 153 Å². The zero-order chi connectivity index (χ0) is 19.1. The van der Waals surface area contributed by atoms with Gasteiger partial charge in [0.25, 0.3) is 0 Å². The third-order valence-corrected chi connectivity index (χ3v) is 3.98. The molecule has 138 valence electrons. The molecular weight excluding hydrogens is 332 g/mol. The Morgan fingerprint density at radius 1 is 1.00 bits per heavy atom. The van der Waals surface area contributed by atoms with E-state index in [0.29, 0.717) is 24.4 Å². The summed E-state index contributed by atoms with van der Waals surface area (Å²) in [5, 5.41) is 5.39. The van der Waals surface area contributed by atoms with Crippen LogP contribution in [0.15, 0.2) is 36.4 Å². The van der Waals surface area contributed by atoms with Gasteiger partial charge in [0.05, 0.1) is 19.2 Å². The number of ether oxygens (including phenoxy) is 2. The molecule has 0 aliphatic rings. The molecule has 0 aliphatic carbocycles. The van der Waals surface area contributed by atoms with Crippen LogP contribution in [0.3, 0.4) is 0 Å². The molecule has 6 heteroatoms. The molecule has 2 aromatic rings. The summed E-state index contributed by atoms with van der Waals surface area (Å²) in [6.45, 7) is 6.81. The maximum atomic E-state index is 11.9. The molecule has 0 radical (unpaired) electrons. The van der Waals surface area contributed by atoms with Crippen LogP contribution in [0.25, 0.3) is 0 Å². The normalized spacial score (nSPS) is 10.2. The first kappa shape index (κ1) is 19.3. The molecule has 26 heavy (non-hydrogen) atoms. The summed E-state index contributed by atoms with van der Waals surface area (Å²) in [4.78, 5) is 23.4. The minimum atomic E-state index is -0.453. The van der Waals surface area contributed by atoms with Crippen molar-refractivity contribution in [2.24, 2.45) is 0 Å². The highest BCUT2D eigenvalue weighted by molar-refractivity contribution is 5.93.